The van der Waals surface area contributed by atoms with E-state index in [4.69, 9.17) is 26.7 Å². The molecule has 0 spiro atoms. The Labute approximate surface area is 120 Å². The number of methoxy groups -OCH3 is 2. The van der Waals surface area contributed by atoms with Gasteiger partial charge in [-0.05, 0) is 10.8 Å². The summed E-state index contributed by atoms with van der Waals surface area (Å²) in [4.78, 5) is 0. The van der Waals surface area contributed by atoms with Crippen molar-refractivity contribution in [3.63, 3.8) is 0 Å². The van der Waals surface area contributed by atoms with Crippen LogP contribution >= 0.6 is 11.8 Å². The SMILES string of the molecule is COC(=N)CC(C)(C)C(O)C(C)(C)CC(=NCl)OC. The van der Waals surface area contributed by atoms with Gasteiger partial charge in [0.1, 0.15) is 0 Å². The zero-order valence-electron chi connectivity index (χ0n) is 12.6. The Morgan fingerprint density at radius 1 is 1.16 bits per heavy atom. The van der Waals surface area contributed by atoms with Crippen LogP contribution in [0.25, 0.3) is 0 Å². The molecule has 0 bridgehead atoms. The third-order valence-corrected chi connectivity index (χ3v) is 3.47. The van der Waals surface area contributed by atoms with Crippen LogP contribution in [0.2, 0.25) is 0 Å². The van der Waals surface area contributed by atoms with Crippen molar-refractivity contribution in [2.75, 3.05) is 14.2 Å². The largest absolute Gasteiger partial charge is 0.484 e. The summed E-state index contributed by atoms with van der Waals surface area (Å²) < 4.78 is 13.4. The summed E-state index contributed by atoms with van der Waals surface area (Å²) in [5.74, 6) is 0.529. The first kappa shape index (κ1) is 18.2. The van der Waals surface area contributed by atoms with Crippen LogP contribution in [0.3, 0.4) is 0 Å². The fraction of sp³-hybridized carbons (Fsp3) is 0.846. The summed E-state index contributed by atoms with van der Waals surface area (Å²) in [6.45, 7) is 7.63. The summed E-state index contributed by atoms with van der Waals surface area (Å²) in [7, 11) is 2.95. The minimum absolute atomic E-state index is 0.151. The molecule has 0 aliphatic rings. The molecule has 2 N–H and O–H groups in total. The average molecular weight is 293 g/mol. The Kier molecular flexibility index (Phi) is 6.80. The lowest BCUT2D eigenvalue weighted by atomic mass is 9.69. The van der Waals surface area contributed by atoms with Gasteiger partial charge in [-0.2, -0.15) is 0 Å². The smallest absolute Gasteiger partial charge is 0.201 e. The van der Waals surface area contributed by atoms with Crippen molar-refractivity contribution in [3.05, 3.63) is 0 Å². The van der Waals surface area contributed by atoms with Crippen molar-refractivity contribution in [2.45, 2.75) is 46.6 Å². The molecule has 0 aliphatic carbocycles. The number of nitrogens with one attached hydrogen (secondary N) is 1. The van der Waals surface area contributed by atoms with Gasteiger partial charge in [0.2, 0.25) is 5.90 Å². The van der Waals surface area contributed by atoms with E-state index in [-0.39, 0.29) is 5.90 Å². The van der Waals surface area contributed by atoms with Gasteiger partial charge in [0.15, 0.2) is 5.90 Å². The maximum Gasteiger partial charge on any atom is 0.201 e. The normalized spacial score (nSPS) is 15.1. The Bertz CT molecular complexity index is 341. The molecular weight excluding hydrogens is 268 g/mol. The molecule has 0 aromatic heterocycles. The number of aliphatic hydroxyl groups excluding tert-OH is 1. The van der Waals surface area contributed by atoms with Crippen molar-refractivity contribution >= 4 is 23.6 Å². The van der Waals surface area contributed by atoms with Crippen molar-refractivity contribution in [1.82, 2.24) is 0 Å². The molecule has 0 fully saturated rings. The van der Waals surface area contributed by atoms with E-state index in [1.54, 1.807) is 0 Å². The molecule has 1 unspecified atom stereocenters. The predicted molar refractivity (Wildman–Crippen MR) is 77.8 cm³/mol. The van der Waals surface area contributed by atoms with Crippen LogP contribution in [0, 0.1) is 16.2 Å². The second-order valence-corrected chi connectivity index (χ2v) is 6.21. The Morgan fingerprint density at radius 3 is 2.00 bits per heavy atom. The second-order valence-electron chi connectivity index (χ2n) is 6.04. The van der Waals surface area contributed by atoms with Crippen molar-refractivity contribution in [1.29, 1.82) is 5.41 Å². The number of hydrogen-bond donors (Lipinski definition) is 2. The van der Waals surface area contributed by atoms with Gasteiger partial charge >= 0.3 is 0 Å². The number of aliphatic hydroxyl groups is 1. The highest BCUT2D eigenvalue weighted by Gasteiger charge is 2.41. The van der Waals surface area contributed by atoms with Crippen LogP contribution < -0.4 is 0 Å². The Morgan fingerprint density at radius 2 is 1.63 bits per heavy atom. The molecule has 0 aliphatic heterocycles. The molecule has 0 radical (unpaired) electrons. The van der Waals surface area contributed by atoms with Crippen molar-refractivity contribution in [2.24, 2.45) is 15.3 Å². The van der Waals surface area contributed by atoms with Crippen LogP contribution in [-0.2, 0) is 9.47 Å². The molecule has 0 saturated heterocycles. The minimum atomic E-state index is -0.668. The van der Waals surface area contributed by atoms with Gasteiger partial charge in [-0.3, -0.25) is 5.41 Å². The zero-order chi connectivity index (χ0) is 15.3. The monoisotopic (exact) mass is 292 g/mol. The average Bonchev–Trinajstić information content (AvgIpc) is 2.34. The molecule has 0 aromatic carbocycles. The first-order valence-corrected chi connectivity index (χ1v) is 6.46. The molecule has 0 heterocycles. The van der Waals surface area contributed by atoms with Gasteiger partial charge in [-0.25, -0.2) is 0 Å². The Balaban J connectivity index is 4.94. The van der Waals surface area contributed by atoms with Gasteiger partial charge in [0.05, 0.1) is 20.3 Å². The zero-order valence-corrected chi connectivity index (χ0v) is 13.3. The summed E-state index contributed by atoms with van der Waals surface area (Å²) in [6.07, 6.45) is 0.103. The van der Waals surface area contributed by atoms with E-state index in [0.29, 0.717) is 18.7 Å². The molecule has 0 amide bonds. The van der Waals surface area contributed by atoms with E-state index in [2.05, 4.69) is 4.51 Å². The summed E-state index contributed by atoms with van der Waals surface area (Å²) >= 11 is 5.43. The van der Waals surface area contributed by atoms with Gasteiger partial charge in [-0.15, -0.1) is 4.51 Å². The van der Waals surface area contributed by atoms with E-state index < -0.39 is 16.9 Å². The summed E-state index contributed by atoms with van der Waals surface area (Å²) in [5, 5.41) is 18.2. The van der Waals surface area contributed by atoms with E-state index >= 15 is 0 Å². The molecule has 5 nitrogen and oxygen atoms in total. The number of halogens is 1. The van der Waals surface area contributed by atoms with Crippen molar-refractivity contribution < 1.29 is 14.6 Å². The molecule has 19 heavy (non-hydrogen) atoms. The van der Waals surface area contributed by atoms with E-state index in [1.165, 1.54) is 14.2 Å². The maximum atomic E-state index is 10.6. The van der Waals surface area contributed by atoms with Gasteiger partial charge in [0, 0.05) is 24.6 Å². The standard InChI is InChI=1S/C13H25ClN2O3/c1-12(2,7-9(15)18-5)11(17)13(3,4)8-10(16-14)19-6/h11,15,17H,7-8H2,1-6H3. The quantitative estimate of drug-likeness (QED) is 0.584. The van der Waals surface area contributed by atoms with Crippen LogP contribution in [0.4, 0.5) is 0 Å². The number of hydrogen-bond acceptors (Lipinski definition) is 5. The van der Waals surface area contributed by atoms with E-state index in [1.807, 2.05) is 27.7 Å². The number of ether oxygens (including phenoxy) is 2. The minimum Gasteiger partial charge on any atom is -0.484 e. The molecule has 0 saturated carbocycles. The van der Waals surface area contributed by atoms with Gasteiger partial charge in [-0.1, -0.05) is 27.7 Å². The lowest BCUT2D eigenvalue weighted by Gasteiger charge is -2.40. The van der Waals surface area contributed by atoms with Crippen molar-refractivity contribution in [3.8, 4) is 0 Å². The van der Waals surface area contributed by atoms with Crippen LogP contribution in [0.15, 0.2) is 4.51 Å². The molecule has 112 valence electrons. The highest BCUT2D eigenvalue weighted by molar-refractivity contribution is 6.19. The second kappa shape index (κ2) is 7.10. The van der Waals surface area contributed by atoms with E-state index in [0.717, 1.165) is 0 Å². The molecule has 6 heteroatoms. The highest BCUT2D eigenvalue weighted by Crippen LogP contribution is 2.39. The third-order valence-electron chi connectivity index (χ3n) is 3.28. The fourth-order valence-corrected chi connectivity index (χ4v) is 2.39. The van der Waals surface area contributed by atoms with E-state index in [9.17, 15) is 5.11 Å². The number of rotatable bonds is 6. The third kappa shape index (κ3) is 5.37. The lowest BCUT2D eigenvalue weighted by molar-refractivity contribution is -0.0378. The van der Waals surface area contributed by atoms with Crippen LogP contribution in [0.5, 0.6) is 0 Å². The van der Waals surface area contributed by atoms with Crippen LogP contribution in [-0.4, -0.2) is 37.2 Å². The first-order chi connectivity index (χ1) is 8.60. The fourth-order valence-electron chi connectivity index (χ4n) is 2.26. The molecule has 0 aromatic rings. The number of nitrogens with zero attached hydrogens (tertiary/aromatic N) is 1. The summed E-state index contributed by atoms with van der Waals surface area (Å²) in [5.41, 5.74) is -0.983. The first-order valence-electron chi connectivity index (χ1n) is 6.12. The molecule has 0 rings (SSSR count). The lowest BCUT2D eigenvalue weighted by Crippen LogP contribution is -2.44. The molecule has 1 atom stereocenters. The highest BCUT2D eigenvalue weighted by atomic mass is 35.5. The Hall–Kier alpha value is -0.810. The maximum absolute atomic E-state index is 10.6. The molecular formula is C13H25ClN2O3. The topological polar surface area (TPSA) is 74.9 Å². The van der Waals surface area contributed by atoms with Crippen LogP contribution in [0.1, 0.15) is 40.5 Å². The van der Waals surface area contributed by atoms with Gasteiger partial charge < -0.3 is 14.6 Å². The summed E-state index contributed by atoms with van der Waals surface area (Å²) in [6, 6.07) is 0. The van der Waals surface area contributed by atoms with Gasteiger partial charge in [0.25, 0.3) is 0 Å². The predicted octanol–water partition coefficient (Wildman–Crippen LogP) is 3.00.